The fourth-order valence-corrected chi connectivity index (χ4v) is 1.76. The molecule has 2 rings (SSSR count). The summed E-state index contributed by atoms with van der Waals surface area (Å²) in [5, 5.41) is 2.98. The Bertz CT molecular complexity index is 501. The Labute approximate surface area is 113 Å². The van der Waals surface area contributed by atoms with E-state index in [-0.39, 0.29) is 15.3 Å². The van der Waals surface area contributed by atoms with Gasteiger partial charge in [-0.15, -0.1) is 0 Å². The van der Waals surface area contributed by atoms with E-state index < -0.39 is 0 Å². The molecule has 2 N–H and O–H groups in total. The summed E-state index contributed by atoms with van der Waals surface area (Å²) in [4.78, 5) is 3.89. The molecule has 0 radical (unpaired) electrons. The highest BCUT2D eigenvalue weighted by Gasteiger charge is 2.11. The zero-order valence-corrected chi connectivity index (χ0v) is 11.6. The van der Waals surface area contributed by atoms with Crippen LogP contribution >= 0.6 is 34.8 Å². The number of nitrogens with zero attached hydrogens (tertiary/aromatic N) is 1. The number of nitrogens with two attached hydrogens (primary N) is 1. The fourth-order valence-electron chi connectivity index (χ4n) is 0.954. The Morgan fingerprint density at radius 2 is 1.81 bits per heavy atom. The summed E-state index contributed by atoms with van der Waals surface area (Å²) in [5.74, 6) is 0. The number of hydrogen-bond acceptors (Lipinski definition) is 3. The van der Waals surface area contributed by atoms with E-state index in [4.69, 9.17) is 51.8 Å². The molecule has 16 heavy (non-hydrogen) atoms. The van der Waals surface area contributed by atoms with Crippen LogP contribution in [0.3, 0.4) is 0 Å². The van der Waals surface area contributed by atoms with Crippen molar-refractivity contribution >= 4 is 58.5 Å². The second-order valence-corrected chi connectivity index (χ2v) is 4.40. The van der Waals surface area contributed by atoms with Crippen LogP contribution in [0.25, 0.3) is 11.1 Å². The number of fused-ring (bicyclic) bond motifs is 1. The van der Waals surface area contributed by atoms with Crippen molar-refractivity contribution in [3.05, 3.63) is 21.1 Å². The lowest BCUT2D eigenvalue weighted by atomic mass is 10.3. The van der Waals surface area contributed by atoms with Crippen LogP contribution in [-0.2, 0) is 12.6 Å². The Morgan fingerprint density at radius 1 is 1.25 bits per heavy atom. The normalized spacial score (nSPS) is 10.1. The molecule has 0 amide bonds. The Hall–Kier alpha value is -0.260. The highest BCUT2D eigenvalue weighted by Crippen LogP contribution is 2.36. The molecule has 0 saturated heterocycles. The third-order valence-electron chi connectivity index (χ3n) is 1.50. The van der Waals surface area contributed by atoms with Gasteiger partial charge in [-0.05, 0) is 0 Å². The predicted molar refractivity (Wildman–Crippen MR) is 68.4 cm³/mol. The highest BCUT2D eigenvalue weighted by atomic mass is 35.5. The van der Waals surface area contributed by atoms with E-state index in [0.717, 1.165) is 0 Å². The van der Waals surface area contributed by atoms with Crippen LogP contribution in [0.2, 0.25) is 15.1 Å². The summed E-state index contributed by atoms with van der Waals surface area (Å²) in [6, 6.07) is 1.54. The van der Waals surface area contributed by atoms with E-state index >= 15 is 0 Å². The zero-order chi connectivity index (χ0) is 12.3. The first kappa shape index (κ1) is 13.8. The van der Waals surface area contributed by atoms with Crippen LogP contribution < -0.4 is 5.32 Å². The number of aromatic nitrogens is 1. The summed E-state index contributed by atoms with van der Waals surface area (Å²) >= 11 is 22.1. The molecule has 0 bridgehead atoms. The fraction of sp³-hybridized carbons (Fsp3) is 0.222. The van der Waals surface area contributed by atoms with Crippen molar-refractivity contribution in [3.63, 3.8) is 0 Å². The third kappa shape index (κ3) is 2.90. The quantitative estimate of drug-likeness (QED) is 0.600. The maximum atomic E-state index is 5.86. The molecule has 0 saturated carbocycles. The van der Waals surface area contributed by atoms with Crippen molar-refractivity contribution in [2.24, 2.45) is 0 Å². The number of rotatable bonds is 0. The lowest BCUT2D eigenvalue weighted by Crippen LogP contribution is -2.74. The van der Waals surface area contributed by atoms with Gasteiger partial charge in [0.25, 0.3) is 0 Å². The minimum Gasteiger partial charge on any atom is -0.721 e. The van der Waals surface area contributed by atoms with Gasteiger partial charge < -0.3 is 22.4 Å². The van der Waals surface area contributed by atoms with Gasteiger partial charge in [0.2, 0.25) is 0 Å². The van der Waals surface area contributed by atoms with E-state index in [1.807, 2.05) is 19.4 Å². The van der Waals surface area contributed by atoms with Crippen LogP contribution in [0.4, 0.5) is 0 Å². The van der Waals surface area contributed by atoms with Gasteiger partial charge in [0, 0.05) is 6.07 Å². The van der Waals surface area contributed by atoms with E-state index in [2.05, 4.69) is 4.98 Å². The van der Waals surface area contributed by atoms with Crippen LogP contribution in [0.1, 0.15) is 0 Å². The maximum absolute atomic E-state index is 5.86. The standard InChI is InChI=1S/C7H2Cl3NOS.C2H7N/c8-2-1-3-6(5(10)4(2)9)11-7(13)12-3;1-3-2/h1H,(H,11,13);3H,1-2H3. The van der Waals surface area contributed by atoms with Gasteiger partial charge in [0.15, 0.2) is 5.58 Å². The van der Waals surface area contributed by atoms with Crippen molar-refractivity contribution in [2.45, 2.75) is 5.22 Å². The van der Waals surface area contributed by atoms with Crippen LogP contribution in [0, 0.1) is 0 Å². The molecule has 2 aromatic rings. The molecule has 1 aromatic heterocycles. The second kappa shape index (κ2) is 5.89. The van der Waals surface area contributed by atoms with Crippen LogP contribution in [0.15, 0.2) is 15.7 Å². The van der Waals surface area contributed by atoms with Gasteiger partial charge >= 0.3 is 0 Å². The van der Waals surface area contributed by atoms with Gasteiger partial charge in [0.1, 0.15) is 5.52 Å². The van der Waals surface area contributed by atoms with Gasteiger partial charge in [-0.2, -0.15) is 0 Å². The van der Waals surface area contributed by atoms with E-state index in [1.165, 1.54) is 6.07 Å². The Morgan fingerprint density at radius 3 is 2.38 bits per heavy atom. The second-order valence-electron chi connectivity index (χ2n) is 2.89. The van der Waals surface area contributed by atoms with Crippen molar-refractivity contribution < 1.29 is 9.73 Å². The lowest BCUT2D eigenvalue weighted by molar-refractivity contribution is -0.597. The van der Waals surface area contributed by atoms with Gasteiger partial charge in [-0.1, -0.05) is 34.8 Å². The van der Waals surface area contributed by atoms with Crippen LogP contribution in [0.5, 0.6) is 0 Å². The summed E-state index contributed by atoms with van der Waals surface area (Å²) in [5.41, 5.74) is 0.894. The molecule has 1 heterocycles. The van der Waals surface area contributed by atoms with Crippen molar-refractivity contribution in [1.29, 1.82) is 0 Å². The van der Waals surface area contributed by atoms with Crippen LogP contribution in [-0.4, -0.2) is 19.1 Å². The molecule has 0 aliphatic carbocycles. The lowest BCUT2D eigenvalue weighted by Gasteiger charge is -1.97. The molecule has 0 aliphatic heterocycles. The first-order valence-corrected chi connectivity index (χ1v) is 5.90. The molecule has 0 spiro atoms. The molecule has 0 unspecified atom stereocenters. The molecule has 0 atom stereocenters. The minimum atomic E-state index is 0.121. The molecule has 7 heteroatoms. The van der Waals surface area contributed by atoms with Crippen molar-refractivity contribution in [3.8, 4) is 0 Å². The monoisotopic (exact) mass is 298 g/mol. The number of oxazole rings is 1. The summed E-state index contributed by atoms with van der Waals surface area (Å²) < 4.78 is 5.06. The SMILES string of the molecule is C[NH2+]C.[S-]c1nc2c(Cl)c(Cl)c(Cl)cc2o1. The van der Waals surface area contributed by atoms with Gasteiger partial charge in [-0.3, -0.25) is 0 Å². The highest BCUT2D eigenvalue weighted by molar-refractivity contribution is 7.58. The summed E-state index contributed by atoms with van der Waals surface area (Å²) in [7, 11) is 4.00. The minimum absolute atomic E-state index is 0.121. The molecule has 0 aliphatic rings. The van der Waals surface area contributed by atoms with E-state index in [1.54, 1.807) is 0 Å². The van der Waals surface area contributed by atoms with Gasteiger partial charge in [0.05, 0.1) is 34.4 Å². The Balaban J connectivity index is 0.000000386. The predicted octanol–water partition coefficient (Wildman–Crippen LogP) is 2.50. The largest absolute Gasteiger partial charge is 0.721 e. The maximum Gasteiger partial charge on any atom is 0.155 e. The first-order valence-electron chi connectivity index (χ1n) is 4.36. The average Bonchev–Trinajstić information content (AvgIpc) is 2.57. The van der Waals surface area contributed by atoms with Crippen molar-refractivity contribution in [1.82, 2.24) is 4.98 Å². The summed E-state index contributed by atoms with van der Waals surface area (Å²) in [6.45, 7) is 0. The Kier molecular flexibility index (Phi) is 5.08. The molecule has 1 aromatic carbocycles. The number of hydrogen-bond donors (Lipinski definition) is 1. The number of benzene rings is 1. The molecule has 3 nitrogen and oxygen atoms in total. The summed E-state index contributed by atoms with van der Waals surface area (Å²) in [6.07, 6.45) is 0. The molecule has 0 fully saturated rings. The van der Waals surface area contributed by atoms with E-state index in [9.17, 15) is 0 Å². The third-order valence-corrected chi connectivity index (χ3v) is 2.93. The van der Waals surface area contributed by atoms with Gasteiger partial charge in [-0.25, -0.2) is 4.98 Å². The smallest absolute Gasteiger partial charge is 0.155 e. The number of quaternary nitrogens is 1. The first-order chi connectivity index (χ1) is 7.51. The average molecular weight is 300 g/mol. The number of halogens is 3. The molecular weight excluding hydrogens is 291 g/mol. The topological polar surface area (TPSA) is 42.6 Å². The molecule has 88 valence electrons. The van der Waals surface area contributed by atoms with Crippen molar-refractivity contribution in [2.75, 3.05) is 14.1 Å². The zero-order valence-electron chi connectivity index (χ0n) is 8.55. The molecular formula is C9H9Cl3N2OS. The van der Waals surface area contributed by atoms with E-state index in [0.29, 0.717) is 16.1 Å².